The Morgan fingerprint density at radius 1 is 0.871 bits per heavy atom. The Bertz CT molecular complexity index is 1080. The standard InChI is InChI=1S/C24H25ClN2O3S/c1-19(27(31(2,29)30)23-15-9-14-22(25)16-23)24(28)26(17-20-10-5-3-6-11-20)18-21-12-7-4-8-13-21/h3-16,19H,17-18H2,1-2H3/t19-/m0/s1. The summed E-state index contributed by atoms with van der Waals surface area (Å²) < 4.78 is 26.4. The molecule has 0 aliphatic rings. The van der Waals surface area contributed by atoms with Gasteiger partial charge >= 0.3 is 0 Å². The van der Waals surface area contributed by atoms with Gasteiger partial charge in [0.15, 0.2) is 0 Å². The highest BCUT2D eigenvalue weighted by Crippen LogP contribution is 2.25. The van der Waals surface area contributed by atoms with Crippen LogP contribution in [0.1, 0.15) is 18.1 Å². The molecule has 0 spiro atoms. The second-order valence-electron chi connectivity index (χ2n) is 7.38. The minimum atomic E-state index is -3.73. The number of hydrogen-bond donors (Lipinski definition) is 0. The fourth-order valence-electron chi connectivity index (χ4n) is 3.50. The molecule has 0 heterocycles. The second-order valence-corrected chi connectivity index (χ2v) is 9.68. The first-order chi connectivity index (χ1) is 14.8. The Balaban J connectivity index is 1.95. The normalized spacial score (nSPS) is 12.2. The number of nitrogens with zero attached hydrogens (tertiary/aromatic N) is 2. The third-order valence-corrected chi connectivity index (χ3v) is 6.35. The van der Waals surface area contributed by atoms with E-state index in [1.165, 1.54) is 0 Å². The van der Waals surface area contributed by atoms with Crippen LogP contribution in [0.2, 0.25) is 5.02 Å². The SMILES string of the molecule is C[C@@H](C(=O)N(Cc1ccccc1)Cc1ccccc1)N(c1cccc(Cl)c1)S(C)(=O)=O. The van der Waals surface area contributed by atoms with Crippen molar-refractivity contribution in [3.05, 3.63) is 101 Å². The van der Waals surface area contributed by atoms with Gasteiger partial charge in [0.05, 0.1) is 11.9 Å². The molecule has 0 bridgehead atoms. The van der Waals surface area contributed by atoms with Gasteiger partial charge in [-0.15, -0.1) is 0 Å². The largest absolute Gasteiger partial charge is 0.332 e. The molecule has 0 fully saturated rings. The van der Waals surface area contributed by atoms with Crippen LogP contribution in [0.3, 0.4) is 0 Å². The molecule has 3 aromatic carbocycles. The third kappa shape index (κ3) is 6.09. The van der Waals surface area contributed by atoms with E-state index in [4.69, 9.17) is 11.6 Å². The molecule has 0 N–H and O–H groups in total. The highest BCUT2D eigenvalue weighted by atomic mass is 35.5. The van der Waals surface area contributed by atoms with Crippen LogP contribution in [0, 0.1) is 0 Å². The zero-order chi connectivity index (χ0) is 22.4. The molecule has 162 valence electrons. The van der Waals surface area contributed by atoms with Crippen molar-refractivity contribution in [2.24, 2.45) is 0 Å². The summed E-state index contributed by atoms with van der Waals surface area (Å²) in [4.78, 5) is 15.3. The molecule has 0 saturated carbocycles. The number of anilines is 1. The van der Waals surface area contributed by atoms with E-state index in [2.05, 4.69) is 0 Å². The van der Waals surface area contributed by atoms with Gasteiger partial charge in [0, 0.05) is 18.1 Å². The highest BCUT2D eigenvalue weighted by Gasteiger charge is 2.32. The van der Waals surface area contributed by atoms with Crippen molar-refractivity contribution >= 4 is 33.2 Å². The first-order valence-electron chi connectivity index (χ1n) is 9.87. The number of carbonyl (C=O) groups is 1. The Kier molecular flexibility index (Phi) is 7.36. The van der Waals surface area contributed by atoms with Crippen molar-refractivity contribution in [1.29, 1.82) is 0 Å². The summed E-state index contributed by atoms with van der Waals surface area (Å²) in [5, 5.41) is 0.399. The van der Waals surface area contributed by atoms with E-state index in [-0.39, 0.29) is 5.91 Å². The minimum absolute atomic E-state index is 0.293. The molecule has 0 aromatic heterocycles. The molecule has 7 heteroatoms. The van der Waals surface area contributed by atoms with E-state index >= 15 is 0 Å². The summed E-state index contributed by atoms with van der Waals surface area (Å²) >= 11 is 6.08. The van der Waals surface area contributed by atoms with Crippen LogP contribution in [0.15, 0.2) is 84.9 Å². The van der Waals surface area contributed by atoms with E-state index in [0.717, 1.165) is 21.7 Å². The lowest BCUT2D eigenvalue weighted by molar-refractivity contribution is -0.133. The van der Waals surface area contributed by atoms with E-state index in [1.54, 1.807) is 36.1 Å². The van der Waals surface area contributed by atoms with Crippen molar-refractivity contribution in [1.82, 2.24) is 4.90 Å². The van der Waals surface area contributed by atoms with Gasteiger partial charge in [-0.05, 0) is 36.2 Å². The Hall–Kier alpha value is -2.83. The summed E-state index contributed by atoms with van der Waals surface area (Å²) in [5.41, 5.74) is 2.29. The van der Waals surface area contributed by atoms with E-state index < -0.39 is 16.1 Å². The van der Waals surface area contributed by atoms with Crippen molar-refractivity contribution < 1.29 is 13.2 Å². The smallest absolute Gasteiger partial charge is 0.246 e. The highest BCUT2D eigenvalue weighted by molar-refractivity contribution is 7.92. The van der Waals surface area contributed by atoms with Crippen LogP contribution in [-0.2, 0) is 27.9 Å². The van der Waals surface area contributed by atoms with Crippen LogP contribution in [0.5, 0.6) is 0 Å². The molecular weight excluding hydrogens is 432 g/mol. The van der Waals surface area contributed by atoms with Gasteiger partial charge in [-0.3, -0.25) is 9.10 Å². The third-order valence-electron chi connectivity index (χ3n) is 4.87. The van der Waals surface area contributed by atoms with Crippen LogP contribution < -0.4 is 4.31 Å². The van der Waals surface area contributed by atoms with Crippen molar-refractivity contribution in [2.75, 3.05) is 10.6 Å². The first-order valence-corrected chi connectivity index (χ1v) is 12.1. The molecule has 0 saturated heterocycles. The van der Waals surface area contributed by atoms with Crippen molar-refractivity contribution in [3.8, 4) is 0 Å². The Labute approximate surface area is 188 Å². The van der Waals surface area contributed by atoms with E-state index in [0.29, 0.717) is 23.8 Å². The van der Waals surface area contributed by atoms with Gasteiger partial charge < -0.3 is 4.90 Å². The van der Waals surface area contributed by atoms with E-state index in [9.17, 15) is 13.2 Å². The fourth-order valence-corrected chi connectivity index (χ4v) is 4.85. The molecule has 0 aliphatic carbocycles. The summed E-state index contributed by atoms with van der Waals surface area (Å²) in [5.74, 6) is -0.293. The number of rotatable bonds is 8. The number of carbonyl (C=O) groups excluding carboxylic acids is 1. The molecule has 31 heavy (non-hydrogen) atoms. The zero-order valence-electron chi connectivity index (χ0n) is 17.5. The fraction of sp³-hybridized carbons (Fsp3) is 0.208. The molecule has 0 radical (unpaired) electrons. The van der Waals surface area contributed by atoms with Crippen LogP contribution >= 0.6 is 11.6 Å². The van der Waals surface area contributed by atoms with Gasteiger partial charge in [-0.1, -0.05) is 78.3 Å². The Morgan fingerprint density at radius 3 is 1.84 bits per heavy atom. The predicted molar refractivity (Wildman–Crippen MR) is 125 cm³/mol. The molecule has 3 aromatic rings. The second kappa shape index (κ2) is 9.98. The number of hydrogen-bond acceptors (Lipinski definition) is 3. The first kappa shape index (κ1) is 22.8. The number of amides is 1. The molecule has 0 aliphatic heterocycles. The monoisotopic (exact) mass is 456 g/mol. The molecule has 3 rings (SSSR count). The average Bonchev–Trinajstić information content (AvgIpc) is 2.73. The van der Waals surface area contributed by atoms with Crippen LogP contribution in [-0.4, -0.2) is 31.5 Å². The zero-order valence-corrected chi connectivity index (χ0v) is 19.1. The lowest BCUT2D eigenvalue weighted by atomic mass is 10.1. The lowest BCUT2D eigenvalue weighted by Crippen LogP contribution is -2.49. The average molecular weight is 457 g/mol. The predicted octanol–water partition coefficient (Wildman–Crippen LogP) is 4.72. The Morgan fingerprint density at radius 2 is 1.39 bits per heavy atom. The van der Waals surface area contributed by atoms with Gasteiger partial charge in [-0.2, -0.15) is 0 Å². The molecule has 1 amide bonds. The molecular formula is C24H25ClN2O3S. The van der Waals surface area contributed by atoms with Crippen LogP contribution in [0.25, 0.3) is 0 Å². The maximum absolute atomic E-state index is 13.6. The molecule has 5 nitrogen and oxygen atoms in total. The van der Waals surface area contributed by atoms with E-state index in [1.807, 2.05) is 60.7 Å². The number of sulfonamides is 1. The van der Waals surface area contributed by atoms with Crippen molar-refractivity contribution in [3.63, 3.8) is 0 Å². The maximum atomic E-state index is 13.6. The molecule has 0 unspecified atom stereocenters. The molecule has 1 atom stereocenters. The topological polar surface area (TPSA) is 57.7 Å². The number of benzene rings is 3. The van der Waals surface area contributed by atoms with Gasteiger partial charge in [0.25, 0.3) is 0 Å². The van der Waals surface area contributed by atoms with Gasteiger partial charge in [0.1, 0.15) is 6.04 Å². The number of halogens is 1. The maximum Gasteiger partial charge on any atom is 0.246 e. The lowest BCUT2D eigenvalue weighted by Gasteiger charge is -2.33. The van der Waals surface area contributed by atoms with Gasteiger partial charge in [0.2, 0.25) is 15.9 Å². The van der Waals surface area contributed by atoms with Crippen LogP contribution in [0.4, 0.5) is 5.69 Å². The summed E-state index contributed by atoms with van der Waals surface area (Å²) in [6.07, 6.45) is 1.09. The van der Waals surface area contributed by atoms with Gasteiger partial charge in [-0.25, -0.2) is 8.42 Å². The summed E-state index contributed by atoms with van der Waals surface area (Å²) in [6.45, 7) is 2.34. The minimum Gasteiger partial charge on any atom is -0.332 e. The van der Waals surface area contributed by atoms with Crippen molar-refractivity contribution in [2.45, 2.75) is 26.1 Å². The quantitative estimate of drug-likeness (QED) is 0.492. The summed E-state index contributed by atoms with van der Waals surface area (Å²) in [7, 11) is -3.73. The summed E-state index contributed by atoms with van der Waals surface area (Å²) in [6, 6.07) is 24.8.